The number of hydrogen-bond donors (Lipinski definition) is 1. The van der Waals surface area contributed by atoms with Crippen LogP contribution in [0.2, 0.25) is 0 Å². The van der Waals surface area contributed by atoms with Crippen molar-refractivity contribution in [3.63, 3.8) is 0 Å². The first kappa shape index (κ1) is 15.5. The zero-order valence-electron chi connectivity index (χ0n) is 12.7. The fraction of sp³-hybridized carbons (Fsp3) is 0.375. The molecule has 0 aliphatic heterocycles. The minimum atomic E-state index is -0.155. The van der Waals surface area contributed by atoms with E-state index < -0.39 is 0 Å². The minimum absolute atomic E-state index is 0.0202. The monoisotopic (exact) mass is 304 g/mol. The summed E-state index contributed by atoms with van der Waals surface area (Å²) in [6, 6.07) is 5.64. The van der Waals surface area contributed by atoms with E-state index in [1.54, 1.807) is 35.2 Å². The molecule has 2 rings (SSSR count). The summed E-state index contributed by atoms with van der Waals surface area (Å²) < 4.78 is 1.69. The Hall–Kier alpha value is -1.88. The average molecular weight is 304 g/mol. The largest absolute Gasteiger partial charge is 0.346 e. The molecule has 1 amide bonds. The van der Waals surface area contributed by atoms with Crippen LogP contribution in [0.1, 0.15) is 52.5 Å². The average Bonchev–Trinajstić information content (AvgIpc) is 3.04. The first-order valence-corrected chi connectivity index (χ1v) is 7.79. The quantitative estimate of drug-likeness (QED) is 0.861. The van der Waals surface area contributed by atoms with Gasteiger partial charge >= 0.3 is 0 Å². The molecule has 5 heteroatoms. The molecular weight excluding hydrogens is 284 g/mol. The van der Waals surface area contributed by atoms with Crippen LogP contribution in [-0.2, 0) is 7.05 Å². The Morgan fingerprint density at radius 1 is 1.33 bits per heavy atom. The number of aromatic nitrogens is 1. The lowest BCUT2D eigenvalue weighted by Gasteiger charge is -2.21. The van der Waals surface area contributed by atoms with Crippen LogP contribution in [0.4, 0.5) is 0 Å². The molecule has 1 atom stereocenters. The summed E-state index contributed by atoms with van der Waals surface area (Å²) in [5, 5.41) is 5.07. The zero-order chi connectivity index (χ0) is 15.6. The van der Waals surface area contributed by atoms with E-state index in [-0.39, 0.29) is 17.7 Å². The lowest BCUT2D eigenvalue weighted by molar-refractivity contribution is 0.0918. The second kappa shape index (κ2) is 6.26. The molecule has 1 N–H and O–H groups in total. The predicted molar refractivity (Wildman–Crippen MR) is 84.8 cm³/mol. The molecule has 0 radical (unpaired) electrons. The lowest BCUT2D eigenvalue weighted by atomic mass is 10.0. The summed E-state index contributed by atoms with van der Waals surface area (Å²) in [5.41, 5.74) is 1.06. The van der Waals surface area contributed by atoms with Gasteiger partial charge in [-0.1, -0.05) is 19.9 Å². The number of aryl methyl sites for hydroxylation is 1. The van der Waals surface area contributed by atoms with Crippen LogP contribution in [0.25, 0.3) is 0 Å². The van der Waals surface area contributed by atoms with Gasteiger partial charge in [0.15, 0.2) is 5.78 Å². The van der Waals surface area contributed by atoms with E-state index in [2.05, 4.69) is 19.2 Å². The van der Waals surface area contributed by atoms with E-state index in [9.17, 15) is 9.59 Å². The minimum Gasteiger partial charge on any atom is -0.346 e. The van der Waals surface area contributed by atoms with Gasteiger partial charge in [0.25, 0.3) is 5.91 Å². The molecule has 2 heterocycles. The molecule has 2 aromatic heterocycles. The summed E-state index contributed by atoms with van der Waals surface area (Å²) in [6.07, 6.45) is 1.69. The summed E-state index contributed by atoms with van der Waals surface area (Å²) in [5.74, 6) is 0.0977. The second-order valence-electron chi connectivity index (χ2n) is 5.49. The number of nitrogens with one attached hydrogen (secondary N) is 1. The highest BCUT2D eigenvalue weighted by molar-refractivity contribution is 7.10. The van der Waals surface area contributed by atoms with Crippen molar-refractivity contribution in [2.45, 2.75) is 26.8 Å². The third kappa shape index (κ3) is 3.42. The Labute approximate surface area is 128 Å². The molecule has 0 fully saturated rings. The molecule has 0 spiro atoms. The van der Waals surface area contributed by atoms with Gasteiger partial charge in [0, 0.05) is 23.7 Å². The normalized spacial score (nSPS) is 12.4. The first-order valence-electron chi connectivity index (χ1n) is 6.91. The molecule has 2 aromatic rings. The molecule has 1 unspecified atom stereocenters. The maximum absolute atomic E-state index is 12.5. The van der Waals surface area contributed by atoms with E-state index in [1.807, 2.05) is 17.5 Å². The van der Waals surface area contributed by atoms with Crippen LogP contribution >= 0.6 is 11.3 Å². The van der Waals surface area contributed by atoms with Gasteiger partial charge in [-0.2, -0.15) is 0 Å². The Kier molecular flexibility index (Phi) is 4.63. The van der Waals surface area contributed by atoms with Crippen LogP contribution in [0, 0.1) is 5.92 Å². The van der Waals surface area contributed by atoms with Crippen LogP contribution < -0.4 is 5.32 Å². The Balaban J connectivity index is 2.22. The molecule has 0 aromatic carbocycles. The SMILES string of the molecule is CC(=O)c1cc(C(=O)NC(c2cccs2)C(C)C)n(C)c1. The van der Waals surface area contributed by atoms with Crippen molar-refractivity contribution < 1.29 is 9.59 Å². The molecule has 0 saturated carbocycles. The Morgan fingerprint density at radius 3 is 2.52 bits per heavy atom. The fourth-order valence-corrected chi connectivity index (χ4v) is 3.18. The van der Waals surface area contributed by atoms with Crippen molar-refractivity contribution in [1.82, 2.24) is 9.88 Å². The maximum Gasteiger partial charge on any atom is 0.268 e. The molecule has 4 nitrogen and oxygen atoms in total. The summed E-state index contributed by atoms with van der Waals surface area (Å²) in [6.45, 7) is 5.66. The van der Waals surface area contributed by atoms with Gasteiger partial charge in [-0.05, 0) is 30.4 Å². The number of rotatable bonds is 5. The highest BCUT2D eigenvalue weighted by atomic mass is 32.1. The second-order valence-corrected chi connectivity index (χ2v) is 6.47. The van der Waals surface area contributed by atoms with Crippen LogP contribution in [0.15, 0.2) is 29.8 Å². The van der Waals surface area contributed by atoms with Gasteiger partial charge in [-0.25, -0.2) is 0 Å². The zero-order valence-corrected chi connectivity index (χ0v) is 13.5. The van der Waals surface area contributed by atoms with Gasteiger partial charge in [0.05, 0.1) is 6.04 Å². The van der Waals surface area contributed by atoms with Crippen molar-refractivity contribution >= 4 is 23.0 Å². The molecule has 0 bridgehead atoms. The topological polar surface area (TPSA) is 51.1 Å². The number of thiophene rings is 1. The summed E-state index contributed by atoms with van der Waals surface area (Å²) >= 11 is 1.64. The van der Waals surface area contributed by atoms with Crippen LogP contribution in [-0.4, -0.2) is 16.3 Å². The van der Waals surface area contributed by atoms with Gasteiger partial charge in [0.2, 0.25) is 0 Å². The molecular formula is C16H20N2O2S. The summed E-state index contributed by atoms with van der Waals surface area (Å²) in [4.78, 5) is 25.0. The van der Waals surface area contributed by atoms with E-state index in [4.69, 9.17) is 0 Å². The maximum atomic E-state index is 12.5. The van der Waals surface area contributed by atoms with Crippen molar-refractivity contribution in [2.75, 3.05) is 0 Å². The fourth-order valence-electron chi connectivity index (χ4n) is 2.23. The van der Waals surface area contributed by atoms with E-state index in [0.29, 0.717) is 17.2 Å². The number of nitrogens with zero attached hydrogens (tertiary/aromatic N) is 1. The van der Waals surface area contributed by atoms with Gasteiger partial charge in [0.1, 0.15) is 5.69 Å². The predicted octanol–water partition coefficient (Wildman–Crippen LogP) is 3.42. The van der Waals surface area contributed by atoms with Crippen molar-refractivity contribution in [3.05, 3.63) is 45.9 Å². The number of Topliss-reactive ketones (excluding diaryl/α,β-unsaturated/α-hetero) is 1. The first-order chi connectivity index (χ1) is 9.90. The molecule has 0 aliphatic rings. The van der Waals surface area contributed by atoms with Gasteiger partial charge in [-0.3, -0.25) is 9.59 Å². The van der Waals surface area contributed by atoms with Crippen molar-refractivity contribution in [3.8, 4) is 0 Å². The third-order valence-corrected chi connectivity index (χ3v) is 4.40. The van der Waals surface area contributed by atoms with Crippen LogP contribution in [0.5, 0.6) is 0 Å². The van der Waals surface area contributed by atoms with E-state index in [0.717, 1.165) is 4.88 Å². The highest BCUT2D eigenvalue weighted by Gasteiger charge is 2.22. The number of ketones is 1. The van der Waals surface area contributed by atoms with Crippen molar-refractivity contribution in [1.29, 1.82) is 0 Å². The Bertz CT molecular complexity index is 641. The molecule has 112 valence electrons. The van der Waals surface area contributed by atoms with Crippen LogP contribution in [0.3, 0.4) is 0 Å². The summed E-state index contributed by atoms with van der Waals surface area (Å²) in [7, 11) is 1.77. The standard InChI is InChI=1S/C16H20N2O2S/c1-10(2)15(14-6-5-7-21-14)17-16(20)13-8-12(11(3)19)9-18(13)4/h5-10,15H,1-4H3,(H,17,20). The van der Waals surface area contributed by atoms with E-state index in [1.165, 1.54) is 6.92 Å². The lowest BCUT2D eigenvalue weighted by Crippen LogP contribution is -2.32. The van der Waals surface area contributed by atoms with E-state index >= 15 is 0 Å². The highest BCUT2D eigenvalue weighted by Crippen LogP contribution is 2.26. The number of carbonyl (C=O) groups is 2. The molecule has 0 saturated heterocycles. The van der Waals surface area contributed by atoms with Gasteiger partial charge in [-0.15, -0.1) is 11.3 Å². The Morgan fingerprint density at radius 2 is 2.05 bits per heavy atom. The van der Waals surface area contributed by atoms with Gasteiger partial charge < -0.3 is 9.88 Å². The smallest absolute Gasteiger partial charge is 0.268 e. The number of amides is 1. The molecule has 21 heavy (non-hydrogen) atoms. The number of carbonyl (C=O) groups excluding carboxylic acids is 2. The van der Waals surface area contributed by atoms with Crippen molar-refractivity contribution in [2.24, 2.45) is 13.0 Å². The molecule has 0 aliphatic carbocycles. The number of hydrogen-bond acceptors (Lipinski definition) is 3. The third-order valence-electron chi connectivity index (χ3n) is 3.45.